The molecule has 7 unspecified atom stereocenters. The van der Waals surface area contributed by atoms with Crippen LogP contribution in [-0.4, -0.2) is 86.1 Å². The van der Waals surface area contributed by atoms with Gasteiger partial charge in [0, 0.05) is 12.8 Å². The first-order valence-corrected chi connectivity index (χ1v) is 14.4. The minimum absolute atomic E-state index is 0.0252. The zero-order valence-electron chi connectivity index (χ0n) is 25.7. The molecule has 0 fully saturated rings. The highest BCUT2D eigenvalue weighted by atomic mass is 16.4. The third kappa shape index (κ3) is 9.31. The number of carbonyl (C=O) groups is 7. The molecular weight excluding hydrogens is 590 g/mol. The van der Waals surface area contributed by atoms with Crippen LogP contribution in [0.4, 0.5) is 0 Å². The first-order chi connectivity index (χ1) is 20.7. The van der Waals surface area contributed by atoms with Gasteiger partial charge in [0.2, 0.25) is 0 Å². The van der Waals surface area contributed by atoms with Crippen LogP contribution in [0.3, 0.4) is 0 Å². The lowest BCUT2D eigenvalue weighted by Crippen LogP contribution is -2.76. The Bertz CT molecular complexity index is 1270. The Morgan fingerprint density at radius 1 is 0.711 bits per heavy atom. The Labute approximate surface area is 260 Å². The van der Waals surface area contributed by atoms with E-state index in [9.17, 15) is 38.7 Å². The van der Waals surface area contributed by atoms with Crippen molar-refractivity contribution in [1.29, 1.82) is 0 Å². The van der Waals surface area contributed by atoms with Gasteiger partial charge in [-0.15, -0.1) is 0 Å². The van der Waals surface area contributed by atoms with Gasteiger partial charge < -0.3 is 44.0 Å². The number of nitrogens with two attached hydrogens (primary N) is 5. The summed E-state index contributed by atoms with van der Waals surface area (Å²) in [5.74, 6) is -12.7. The van der Waals surface area contributed by atoms with Gasteiger partial charge in [0.05, 0.1) is 35.5 Å². The average molecular weight is 636 g/mol. The van der Waals surface area contributed by atoms with E-state index in [1.54, 1.807) is 44.2 Å². The number of carboxylic acid groups (broad SMARTS) is 3. The minimum Gasteiger partial charge on any atom is -0.481 e. The highest BCUT2D eigenvalue weighted by molar-refractivity contribution is 6.20. The number of carbonyl (C=O) groups excluding carboxylic acids is 4. The highest BCUT2D eigenvalue weighted by Crippen LogP contribution is 2.44. The Morgan fingerprint density at radius 2 is 1.16 bits per heavy atom. The summed E-state index contributed by atoms with van der Waals surface area (Å²) in [6.45, 7) is 4.24. The predicted molar refractivity (Wildman–Crippen MR) is 161 cm³/mol. The lowest BCUT2D eigenvalue weighted by molar-refractivity contribution is -0.167. The van der Waals surface area contributed by atoms with Crippen LogP contribution in [0.15, 0.2) is 30.3 Å². The summed E-state index contributed by atoms with van der Waals surface area (Å²) in [5, 5.41) is 28.7. The molecule has 0 radical (unpaired) electrons. The molecule has 45 heavy (non-hydrogen) atoms. The quantitative estimate of drug-likeness (QED) is 0.0751. The monoisotopic (exact) mass is 635 g/mol. The molecule has 0 aliphatic rings. The van der Waals surface area contributed by atoms with Gasteiger partial charge in [-0.05, 0) is 44.1 Å². The summed E-state index contributed by atoms with van der Waals surface area (Å²) in [4.78, 5) is 91.9. The molecule has 7 atom stereocenters. The van der Waals surface area contributed by atoms with Crippen molar-refractivity contribution in [3.05, 3.63) is 35.9 Å². The fourth-order valence-electron chi connectivity index (χ4n) is 5.38. The fraction of sp³-hybridized carbons (Fsp3) is 0.567. The molecule has 1 aromatic carbocycles. The number of benzene rings is 1. The van der Waals surface area contributed by atoms with Gasteiger partial charge in [-0.1, -0.05) is 44.2 Å². The Hall–Kier alpha value is -3.89. The zero-order chi connectivity index (χ0) is 34.9. The first kappa shape index (κ1) is 39.1. The number of hydrogen-bond donors (Lipinski definition) is 8. The molecule has 1 aromatic rings. The molecule has 0 heterocycles. The topological polar surface area (TPSA) is 310 Å². The molecule has 0 saturated carbocycles. The molecule has 0 aliphatic heterocycles. The van der Waals surface area contributed by atoms with Crippen molar-refractivity contribution in [3.63, 3.8) is 0 Å². The van der Waals surface area contributed by atoms with Crippen molar-refractivity contribution in [2.24, 2.45) is 45.9 Å². The van der Waals surface area contributed by atoms with Crippen LogP contribution < -0.4 is 28.7 Å². The maximum Gasteiger partial charge on any atom is 0.332 e. The van der Waals surface area contributed by atoms with Crippen LogP contribution in [0, 0.1) is 17.3 Å². The van der Waals surface area contributed by atoms with Gasteiger partial charge >= 0.3 is 17.9 Å². The third-order valence-electron chi connectivity index (χ3n) is 7.97. The van der Waals surface area contributed by atoms with Crippen LogP contribution in [0.25, 0.3) is 0 Å². The van der Waals surface area contributed by atoms with E-state index in [-0.39, 0.29) is 18.8 Å². The summed E-state index contributed by atoms with van der Waals surface area (Å²) < 4.78 is 0. The molecule has 0 bridgehead atoms. The molecule has 0 aliphatic carbocycles. The van der Waals surface area contributed by atoms with Crippen molar-refractivity contribution >= 4 is 41.0 Å². The second-order valence-corrected chi connectivity index (χ2v) is 11.9. The van der Waals surface area contributed by atoms with Gasteiger partial charge in [-0.3, -0.25) is 28.8 Å². The first-order valence-electron chi connectivity index (χ1n) is 14.4. The van der Waals surface area contributed by atoms with E-state index in [0.29, 0.717) is 5.56 Å². The van der Waals surface area contributed by atoms with Crippen molar-refractivity contribution in [3.8, 4) is 0 Å². The third-order valence-corrected chi connectivity index (χ3v) is 7.97. The second kappa shape index (κ2) is 16.4. The highest BCUT2D eigenvalue weighted by Gasteiger charge is 2.68. The molecule has 0 amide bonds. The van der Waals surface area contributed by atoms with Crippen molar-refractivity contribution in [2.45, 2.75) is 89.0 Å². The van der Waals surface area contributed by atoms with Crippen LogP contribution in [0.5, 0.6) is 0 Å². The van der Waals surface area contributed by atoms with Gasteiger partial charge in [0.25, 0.3) is 0 Å². The molecule has 250 valence electrons. The minimum atomic E-state index is -3.46. The molecule has 0 aromatic heterocycles. The van der Waals surface area contributed by atoms with Gasteiger partial charge in [0.1, 0.15) is 0 Å². The standard InChI is InChI=1S/C30H45N5O10/c1-15(2)13-19(33)24(40)23(25(41)20(34)14-16-7-5-4-6-8-16)29(3,26(42)17(31)9-11-21(36)37)30(35,28(44)45)27(43)18(32)10-12-22(38)39/h4-8,15,17-20,23H,9-14,31-35H2,1-3H3,(H,36,37)(H,38,39)(H,44,45). The van der Waals surface area contributed by atoms with Gasteiger partial charge in [0.15, 0.2) is 28.7 Å². The molecule has 0 saturated heterocycles. The summed E-state index contributed by atoms with van der Waals surface area (Å²) in [7, 11) is 0. The number of aliphatic carboxylic acids is 3. The lowest BCUT2D eigenvalue weighted by Gasteiger charge is -2.47. The maximum atomic E-state index is 14.3. The summed E-state index contributed by atoms with van der Waals surface area (Å²) in [6, 6.07) is 1.60. The van der Waals surface area contributed by atoms with Crippen molar-refractivity contribution in [2.75, 3.05) is 0 Å². The number of Topliss-reactive ketones (excluding diaryl/α,β-unsaturated/α-hetero) is 4. The molecule has 1 rings (SSSR count). The van der Waals surface area contributed by atoms with Crippen LogP contribution in [0.2, 0.25) is 0 Å². The molecule has 15 nitrogen and oxygen atoms in total. The molecule has 0 spiro atoms. The normalized spacial score (nSPS) is 17.5. The Morgan fingerprint density at radius 3 is 1.58 bits per heavy atom. The lowest BCUT2D eigenvalue weighted by atomic mass is 9.54. The van der Waals surface area contributed by atoms with E-state index < -0.39 is 108 Å². The predicted octanol–water partition coefficient (Wildman–Crippen LogP) is -1.00. The fourth-order valence-corrected chi connectivity index (χ4v) is 5.38. The van der Waals surface area contributed by atoms with E-state index in [2.05, 4.69) is 0 Å². The van der Waals surface area contributed by atoms with Crippen molar-refractivity contribution in [1.82, 2.24) is 0 Å². The number of hydrogen-bond acceptors (Lipinski definition) is 12. The largest absolute Gasteiger partial charge is 0.481 e. The van der Waals surface area contributed by atoms with Crippen molar-refractivity contribution < 1.29 is 48.9 Å². The van der Waals surface area contributed by atoms with Crippen LogP contribution >= 0.6 is 0 Å². The second-order valence-electron chi connectivity index (χ2n) is 11.9. The number of ketones is 4. The average Bonchev–Trinajstić information content (AvgIpc) is 2.96. The van der Waals surface area contributed by atoms with E-state index in [4.69, 9.17) is 38.9 Å². The Balaban J connectivity index is 4.10. The van der Waals surface area contributed by atoms with Crippen LogP contribution in [0.1, 0.15) is 58.4 Å². The summed E-state index contributed by atoms with van der Waals surface area (Å²) >= 11 is 0. The van der Waals surface area contributed by atoms with Gasteiger partial charge in [-0.2, -0.15) is 0 Å². The number of carboxylic acids is 3. The van der Waals surface area contributed by atoms with Crippen LogP contribution in [-0.2, 0) is 40.0 Å². The van der Waals surface area contributed by atoms with E-state index in [0.717, 1.165) is 6.92 Å². The van der Waals surface area contributed by atoms with E-state index in [1.165, 1.54) is 0 Å². The SMILES string of the molecule is CC(C)CC(N)C(=O)C(C(=O)C(N)Cc1ccccc1)C(C)(C(=O)C(N)CCC(=O)O)C(N)(C(=O)O)C(=O)C(N)CCC(=O)O. The zero-order valence-corrected chi connectivity index (χ0v) is 25.7. The number of rotatable bonds is 21. The van der Waals surface area contributed by atoms with E-state index in [1.807, 2.05) is 0 Å². The van der Waals surface area contributed by atoms with Gasteiger partial charge in [-0.25, -0.2) is 4.79 Å². The van der Waals surface area contributed by atoms with E-state index >= 15 is 0 Å². The molecular formula is C30H45N5O10. The maximum absolute atomic E-state index is 14.3. The molecule has 13 N–H and O–H groups in total. The Kier molecular flexibility index (Phi) is 14.3. The molecule has 15 heteroatoms. The smallest absolute Gasteiger partial charge is 0.332 e. The summed E-state index contributed by atoms with van der Waals surface area (Å²) in [6.07, 6.45) is -2.75. The summed E-state index contributed by atoms with van der Waals surface area (Å²) in [5.41, 5.74) is 24.8.